The average molecular weight is 627 g/mol. The van der Waals surface area contributed by atoms with E-state index in [0.29, 0.717) is 13.2 Å². The summed E-state index contributed by atoms with van der Waals surface area (Å²) in [6.07, 6.45) is 15.8. The van der Waals surface area contributed by atoms with Crippen LogP contribution in [0.25, 0.3) is 0 Å². The zero-order valence-corrected chi connectivity index (χ0v) is 30.6. The number of ether oxygens (including phenoxy) is 4. The number of hydrogen-bond acceptors (Lipinski definition) is 6. The van der Waals surface area contributed by atoms with Crippen LogP contribution in [0.4, 0.5) is 0 Å². The molecule has 6 nitrogen and oxygen atoms in total. The van der Waals surface area contributed by atoms with Crippen LogP contribution < -0.4 is 0 Å². The molecular formula is C34H66O6Si2. The Kier molecular flexibility index (Phi) is 25.0. The predicted octanol–water partition coefficient (Wildman–Crippen LogP) is 8.45. The van der Waals surface area contributed by atoms with Gasteiger partial charge in [0, 0.05) is 19.6 Å². The van der Waals surface area contributed by atoms with Crippen molar-refractivity contribution in [3.05, 3.63) is 11.3 Å². The maximum absolute atomic E-state index is 10.5. The normalized spacial score (nSPS) is 20.2. The minimum atomic E-state index is -1.36. The van der Waals surface area contributed by atoms with Crippen molar-refractivity contribution < 1.29 is 28.8 Å². The van der Waals surface area contributed by atoms with E-state index in [-0.39, 0.29) is 18.7 Å². The van der Waals surface area contributed by atoms with E-state index in [0.717, 1.165) is 70.0 Å². The lowest BCUT2D eigenvalue weighted by atomic mass is 10.1. The first kappa shape index (κ1) is 41.2. The van der Waals surface area contributed by atoms with Crippen molar-refractivity contribution in [2.45, 2.75) is 162 Å². The number of unbranched alkanes of at least 4 members (excludes halogenated alkanes) is 5. The van der Waals surface area contributed by atoms with Gasteiger partial charge in [-0.25, -0.2) is 0 Å². The fraction of sp³-hybridized carbons (Fsp3) is 0.853. The minimum Gasteiger partial charge on any atom is -0.389 e. The zero-order chi connectivity index (χ0) is 31.7. The number of rotatable bonds is 15. The van der Waals surface area contributed by atoms with Gasteiger partial charge in [0.05, 0.1) is 20.8 Å². The second-order valence-electron chi connectivity index (χ2n) is 13.5. The lowest BCUT2D eigenvalue weighted by Crippen LogP contribution is -2.27. The van der Waals surface area contributed by atoms with E-state index >= 15 is 0 Å². The maximum atomic E-state index is 10.5. The SMILES string of the molecule is CCCCCC(O)C(=C[Si](C)(C)C)COC1CCCCO1.CCCCCC=O.C[Si](C)(C)C#CCOC1CCCCO1. The van der Waals surface area contributed by atoms with Gasteiger partial charge in [0.1, 0.15) is 21.0 Å². The third-order valence-electron chi connectivity index (χ3n) is 6.57. The minimum absolute atomic E-state index is 0.000292. The highest BCUT2D eigenvalue weighted by Gasteiger charge is 2.20. The highest BCUT2D eigenvalue weighted by molar-refractivity contribution is 6.83. The third kappa shape index (κ3) is 26.8. The summed E-state index contributed by atoms with van der Waals surface area (Å²) in [6, 6.07) is 0. The number of aliphatic hydroxyl groups is 1. The molecule has 0 aromatic carbocycles. The van der Waals surface area contributed by atoms with Gasteiger partial charge < -0.3 is 28.8 Å². The largest absolute Gasteiger partial charge is 0.389 e. The van der Waals surface area contributed by atoms with E-state index in [1.54, 1.807) is 0 Å². The number of aldehydes is 1. The molecule has 246 valence electrons. The van der Waals surface area contributed by atoms with Crippen LogP contribution in [0.1, 0.15) is 104 Å². The third-order valence-corrected chi connectivity index (χ3v) is 8.73. The summed E-state index contributed by atoms with van der Waals surface area (Å²) in [7, 11) is -2.59. The van der Waals surface area contributed by atoms with Crippen molar-refractivity contribution >= 4 is 22.4 Å². The molecule has 8 heteroatoms. The molecule has 2 aliphatic heterocycles. The molecule has 2 fully saturated rings. The first-order valence-corrected chi connectivity index (χ1v) is 23.8. The van der Waals surface area contributed by atoms with Gasteiger partial charge in [-0.2, -0.15) is 0 Å². The van der Waals surface area contributed by atoms with Crippen LogP contribution in [0.3, 0.4) is 0 Å². The van der Waals surface area contributed by atoms with E-state index in [9.17, 15) is 9.90 Å². The monoisotopic (exact) mass is 626 g/mol. The molecule has 2 rings (SSSR count). The van der Waals surface area contributed by atoms with Gasteiger partial charge in [-0.05, 0) is 56.9 Å². The molecule has 1 N–H and O–H groups in total. The Bertz CT molecular complexity index is 736. The Hall–Kier alpha value is -0.796. The Labute approximate surface area is 261 Å². The fourth-order valence-electron chi connectivity index (χ4n) is 4.35. The molecule has 2 aliphatic rings. The van der Waals surface area contributed by atoms with E-state index in [1.807, 2.05) is 0 Å². The Morgan fingerprint density at radius 3 is 1.93 bits per heavy atom. The molecule has 2 heterocycles. The Morgan fingerprint density at radius 1 is 0.881 bits per heavy atom. The van der Waals surface area contributed by atoms with Gasteiger partial charge in [-0.1, -0.05) is 96.9 Å². The van der Waals surface area contributed by atoms with Crippen LogP contribution in [0.5, 0.6) is 0 Å². The van der Waals surface area contributed by atoms with Gasteiger partial charge in [0.15, 0.2) is 12.6 Å². The molecule has 0 aromatic heterocycles. The van der Waals surface area contributed by atoms with Crippen LogP contribution in [-0.4, -0.2) is 72.7 Å². The quantitative estimate of drug-likeness (QED) is 0.0851. The molecule has 42 heavy (non-hydrogen) atoms. The summed E-state index contributed by atoms with van der Waals surface area (Å²) in [5.41, 5.74) is 6.64. The van der Waals surface area contributed by atoms with Crippen LogP contribution in [-0.2, 0) is 23.7 Å². The summed E-state index contributed by atoms with van der Waals surface area (Å²) in [5.74, 6) is 3.08. The smallest absolute Gasteiger partial charge is 0.158 e. The Balaban J connectivity index is 0.000000685. The summed E-state index contributed by atoms with van der Waals surface area (Å²) in [4.78, 5) is 9.68. The first-order chi connectivity index (χ1) is 19.9. The van der Waals surface area contributed by atoms with E-state index in [4.69, 9.17) is 18.9 Å². The molecule has 0 bridgehead atoms. The summed E-state index contributed by atoms with van der Waals surface area (Å²) >= 11 is 0. The molecule has 2 saturated heterocycles. The number of carbonyl (C=O) groups excluding carboxylic acids is 1. The highest BCUT2D eigenvalue weighted by atomic mass is 28.3. The maximum Gasteiger partial charge on any atom is 0.158 e. The number of carbonyl (C=O) groups is 1. The second-order valence-corrected chi connectivity index (χ2v) is 23.3. The van der Waals surface area contributed by atoms with E-state index < -0.39 is 16.1 Å². The molecule has 3 unspecified atom stereocenters. The van der Waals surface area contributed by atoms with E-state index in [1.165, 1.54) is 44.9 Å². The van der Waals surface area contributed by atoms with Crippen LogP contribution in [0.15, 0.2) is 11.3 Å². The van der Waals surface area contributed by atoms with Crippen molar-refractivity contribution in [2.75, 3.05) is 26.4 Å². The van der Waals surface area contributed by atoms with Crippen molar-refractivity contribution in [3.63, 3.8) is 0 Å². The van der Waals surface area contributed by atoms with Gasteiger partial charge in [-0.3, -0.25) is 0 Å². The van der Waals surface area contributed by atoms with Gasteiger partial charge >= 0.3 is 0 Å². The first-order valence-electron chi connectivity index (χ1n) is 16.7. The molecule has 3 atom stereocenters. The summed E-state index contributed by atoms with van der Waals surface area (Å²) < 4.78 is 22.4. The Morgan fingerprint density at radius 2 is 1.45 bits per heavy atom. The van der Waals surface area contributed by atoms with Crippen LogP contribution >= 0.6 is 0 Å². The molecular weight excluding hydrogens is 561 g/mol. The summed E-state index contributed by atoms with van der Waals surface area (Å²) in [5, 5.41) is 10.5. The van der Waals surface area contributed by atoms with Crippen molar-refractivity contribution in [2.24, 2.45) is 0 Å². The van der Waals surface area contributed by atoms with Crippen LogP contribution in [0.2, 0.25) is 39.3 Å². The molecule has 0 aromatic rings. The lowest BCUT2D eigenvalue weighted by molar-refractivity contribution is -0.158. The number of aliphatic hydroxyl groups excluding tert-OH is 1. The van der Waals surface area contributed by atoms with E-state index in [2.05, 4.69) is 70.3 Å². The highest BCUT2D eigenvalue weighted by Crippen LogP contribution is 2.19. The van der Waals surface area contributed by atoms with Gasteiger partial charge in [0.25, 0.3) is 0 Å². The van der Waals surface area contributed by atoms with Crippen molar-refractivity contribution in [1.82, 2.24) is 0 Å². The van der Waals surface area contributed by atoms with Gasteiger partial charge in [-0.15, -0.1) is 5.54 Å². The molecule has 0 radical (unpaired) electrons. The average Bonchev–Trinajstić information content (AvgIpc) is 2.94. The second kappa shape index (κ2) is 25.5. The lowest BCUT2D eigenvalue weighted by Gasteiger charge is -2.25. The summed E-state index contributed by atoms with van der Waals surface area (Å²) in [6.45, 7) is 20.6. The molecule has 0 saturated carbocycles. The topological polar surface area (TPSA) is 74.2 Å². The van der Waals surface area contributed by atoms with Crippen molar-refractivity contribution in [3.8, 4) is 11.5 Å². The molecule has 0 spiro atoms. The standard InChI is InChI=1S/C17H34O3Si.C11H20O2Si.C6H12O/c1-5-6-7-10-16(18)15(14-21(2,3)4)13-20-17-11-8-9-12-19-17;1-14(2,3)10-6-9-13-11-7-4-5-8-12-11;1-2-3-4-5-6-7/h14,16-18H,5-13H2,1-4H3;11H,4-5,7-9H2,1-3H3;6H,2-5H2,1H3. The fourth-order valence-corrected chi connectivity index (χ4v) is 6.34. The predicted molar refractivity (Wildman–Crippen MR) is 182 cm³/mol. The molecule has 0 aliphatic carbocycles. The van der Waals surface area contributed by atoms with Gasteiger partial charge in [0.2, 0.25) is 0 Å². The molecule has 0 amide bonds. The van der Waals surface area contributed by atoms with Crippen molar-refractivity contribution in [1.29, 1.82) is 0 Å². The zero-order valence-electron chi connectivity index (χ0n) is 28.6. The van der Waals surface area contributed by atoms with Crippen LogP contribution in [0, 0.1) is 11.5 Å². The number of hydrogen-bond donors (Lipinski definition) is 1.